The molecule has 0 aliphatic carbocycles. The van der Waals surface area contributed by atoms with Crippen molar-refractivity contribution >= 4 is 28.8 Å². The number of aromatic amines is 1. The fourth-order valence-corrected chi connectivity index (χ4v) is 2.48. The summed E-state index contributed by atoms with van der Waals surface area (Å²) in [5.74, 6) is -0.843. The van der Waals surface area contributed by atoms with E-state index >= 15 is 0 Å². The molecule has 2 N–H and O–H groups in total. The normalized spacial score (nSPS) is 11.7. The smallest absolute Gasteiger partial charge is 0.321 e. The Kier molecular flexibility index (Phi) is 4.03. The molecule has 3 rings (SSSR count). The number of amides is 1. The Hall–Kier alpha value is -2.81. The van der Waals surface area contributed by atoms with Gasteiger partial charge in [-0.1, -0.05) is 11.6 Å². The number of aryl methyl sites for hydroxylation is 1. The largest absolute Gasteiger partial charge is 0.418 e. The van der Waals surface area contributed by atoms with E-state index in [4.69, 9.17) is 11.6 Å². The van der Waals surface area contributed by atoms with E-state index in [2.05, 4.69) is 15.4 Å². The van der Waals surface area contributed by atoms with Gasteiger partial charge < -0.3 is 5.32 Å². The highest BCUT2D eigenvalue weighted by Crippen LogP contribution is 2.36. The van der Waals surface area contributed by atoms with E-state index in [0.717, 1.165) is 16.6 Å². The van der Waals surface area contributed by atoms with Crippen LogP contribution in [0, 0.1) is 6.92 Å². The summed E-state index contributed by atoms with van der Waals surface area (Å²) in [6.45, 7) is 1.57. The van der Waals surface area contributed by atoms with Crippen LogP contribution in [0.3, 0.4) is 0 Å². The molecule has 1 amide bonds. The van der Waals surface area contributed by atoms with Crippen molar-refractivity contribution in [1.29, 1.82) is 0 Å². The Bertz CT molecular complexity index is 1040. The number of H-pyrrole nitrogens is 1. The number of hydrogen-bond donors (Lipinski definition) is 2. The molecule has 0 spiro atoms. The standard InChI is InChI=1S/C15H10ClF3N4O2/c1-7-4-12(24)23-13(21-7)9(6-20-23)14(25)22-11-3-2-8(16)5-10(11)15(17,18)19/h2-6,20H,1H3,(H,22,25). The van der Waals surface area contributed by atoms with Gasteiger partial charge in [0.15, 0.2) is 5.65 Å². The van der Waals surface area contributed by atoms with Gasteiger partial charge in [0, 0.05) is 23.0 Å². The van der Waals surface area contributed by atoms with Gasteiger partial charge >= 0.3 is 6.18 Å². The molecule has 130 valence electrons. The van der Waals surface area contributed by atoms with Crippen molar-refractivity contribution in [2.45, 2.75) is 13.1 Å². The molecule has 2 aromatic heterocycles. The molecular formula is C15H10ClF3N4O2. The number of carbonyl (C=O) groups excluding carboxylic acids is 1. The quantitative estimate of drug-likeness (QED) is 0.726. The highest BCUT2D eigenvalue weighted by molar-refractivity contribution is 6.30. The van der Waals surface area contributed by atoms with Gasteiger partial charge in [0.2, 0.25) is 0 Å². The first-order chi connectivity index (χ1) is 11.7. The molecule has 25 heavy (non-hydrogen) atoms. The Morgan fingerprint density at radius 3 is 2.72 bits per heavy atom. The van der Waals surface area contributed by atoms with Crippen molar-refractivity contribution in [3.05, 3.63) is 62.7 Å². The summed E-state index contributed by atoms with van der Waals surface area (Å²) >= 11 is 5.61. The molecule has 0 fully saturated rings. The predicted octanol–water partition coefficient (Wildman–Crippen LogP) is 3.26. The molecule has 0 unspecified atom stereocenters. The minimum absolute atomic E-state index is 0.0185. The average Bonchev–Trinajstić information content (AvgIpc) is 2.92. The number of anilines is 1. The number of rotatable bonds is 2. The van der Waals surface area contributed by atoms with Crippen LogP contribution in [0.4, 0.5) is 18.9 Å². The maximum atomic E-state index is 13.1. The van der Waals surface area contributed by atoms with Gasteiger partial charge in [0.1, 0.15) is 5.56 Å². The van der Waals surface area contributed by atoms with Gasteiger partial charge in [0.25, 0.3) is 11.5 Å². The molecule has 0 bridgehead atoms. The summed E-state index contributed by atoms with van der Waals surface area (Å²) in [4.78, 5) is 28.3. The predicted molar refractivity (Wildman–Crippen MR) is 85.0 cm³/mol. The van der Waals surface area contributed by atoms with Crippen LogP contribution in [0.25, 0.3) is 5.65 Å². The Morgan fingerprint density at radius 1 is 1.32 bits per heavy atom. The summed E-state index contributed by atoms with van der Waals surface area (Å²) in [7, 11) is 0. The van der Waals surface area contributed by atoms with Crippen LogP contribution >= 0.6 is 11.6 Å². The second kappa shape index (κ2) is 5.92. The third-order valence-corrected chi connectivity index (χ3v) is 3.64. The topological polar surface area (TPSA) is 79.3 Å². The van der Waals surface area contributed by atoms with E-state index in [1.807, 2.05) is 0 Å². The van der Waals surface area contributed by atoms with Gasteiger partial charge in [-0.3, -0.25) is 14.7 Å². The molecule has 0 aliphatic rings. The van der Waals surface area contributed by atoms with Gasteiger partial charge in [-0.15, -0.1) is 0 Å². The molecule has 10 heteroatoms. The Morgan fingerprint density at radius 2 is 2.04 bits per heavy atom. The van der Waals surface area contributed by atoms with Gasteiger partial charge in [-0.25, -0.2) is 9.50 Å². The summed E-state index contributed by atoms with van der Waals surface area (Å²) in [5.41, 5.74) is -1.63. The number of halogens is 4. The third kappa shape index (κ3) is 3.22. The number of carbonyl (C=O) groups is 1. The second-order valence-corrected chi connectivity index (χ2v) is 5.66. The minimum atomic E-state index is -4.69. The van der Waals surface area contributed by atoms with E-state index in [9.17, 15) is 22.8 Å². The summed E-state index contributed by atoms with van der Waals surface area (Å²) in [6, 6.07) is 4.27. The van der Waals surface area contributed by atoms with Gasteiger partial charge in [0.05, 0.1) is 11.3 Å². The van der Waals surface area contributed by atoms with Crippen LogP contribution < -0.4 is 10.9 Å². The monoisotopic (exact) mass is 370 g/mol. The number of hydrogen-bond acceptors (Lipinski definition) is 3. The fourth-order valence-electron chi connectivity index (χ4n) is 2.31. The summed E-state index contributed by atoms with van der Waals surface area (Å²) in [5, 5.41) is 4.62. The zero-order valence-corrected chi connectivity index (χ0v) is 13.4. The second-order valence-electron chi connectivity index (χ2n) is 5.22. The maximum absolute atomic E-state index is 13.1. The fraction of sp³-hybridized carbons (Fsp3) is 0.133. The van der Waals surface area contributed by atoms with E-state index in [1.165, 1.54) is 18.3 Å². The Labute approximate surface area is 143 Å². The van der Waals surface area contributed by atoms with Crippen LogP contribution in [-0.4, -0.2) is 20.5 Å². The SMILES string of the molecule is Cc1cc(=O)n2[nH]cc(C(=O)Nc3ccc(Cl)cc3C(F)(F)F)c2n1. The van der Waals surface area contributed by atoms with Crippen LogP contribution in [-0.2, 0) is 6.18 Å². The number of benzene rings is 1. The first kappa shape index (κ1) is 17.0. The first-order valence-electron chi connectivity index (χ1n) is 6.92. The van der Waals surface area contributed by atoms with Gasteiger partial charge in [-0.2, -0.15) is 13.2 Å². The van der Waals surface area contributed by atoms with Crippen molar-refractivity contribution < 1.29 is 18.0 Å². The number of nitrogens with zero attached hydrogens (tertiary/aromatic N) is 2. The van der Waals surface area contributed by atoms with Crippen molar-refractivity contribution in [2.24, 2.45) is 0 Å². The lowest BCUT2D eigenvalue weighted by Crippen LogP contribution is -2.18. The van der Waals surface area contributed by atoms with Crippen LogP contribution in [0.5, 0.6) is 0 Å². The molecule has 3 aromatic rings. The average molecular weight is 371 g/mol. The van der Waals surface area contributed by atoms with Crippen LogP contribution in [0.15, 0.2) is 35.3 Å². The Balaban J connectivity index is 2.03. The number of fused-ring (bicyclic) bond motifs is 1. The molecule has 1 aromatic carbocycles. The molecule has 0 radical (unpaired) electrons. The summed E-state index contributed by atoms with van der Waals surface area (Å²) < 4.78 is 40.3. The number of aromatic nitrogens is 3. The van der Waals surface area contributed by atoms with E-state index in [-0.39, 0.29) is 16.2 Å². The first-order valence-corrected chi connectivity index (χ1v) is 7.30. The lowest BCUT2D eigenvalue weighted by atomic mass is 10.1. The molecule has 0 aliphatic heterocycles. The van der Waals surface area contributed by atoms with E-state index in [0.29, 0.717) is 5.69 Å². The lowest BCUT2D eigenvalue weighted by Gasteiger charge is -2.13. The van der Waals surface area contributed by atoms with Crippen LogP contribution in [0.1, 0.15) is 21.6 Å². The highest BCUT2D eigenvalue weighted by atomic mass is 35.5. The molecule has 2 heterocycles. The third-order valence-electron chi connectivity index (χ3n) is 3.41. The number of nitrogens with one attached hydrogen (secondary N) is 2. The van der Waals surface area contributed by atoms with Crippen molar-refractivity contribution in [1.82, 2.24) is 14.6 Å². The van der Waals surface area contributed by atoms with Gasteiger partial charge in [-0.05, 0) is 25.1 Å². The minimum Gasteiger partial charge on any atom is -0.321 e. The summed E-state index contributed by atoms with van der Waals surface area (Å²) in [6.07, 6.45) is -3.50. The van der Waals surface area contributed by atoms with E-state index in [1.54, 1.807) is 6.92 Å². The maximum Gasteiger partial charge on any atom is 0.418 e. The lowest BCUT2D eigenvalue weighted by molar-refractivity contribution is -0.136. The molecule has 0 atom stereocenters. The zero-order chi connectivity index (χ0) is 18.4. The molecule has 0 saturated carbocycles. The van der Waals surface area contributed by atoms with Crippen molar-refractivity contribution in [3.8, 4) is 0 Å². The van der Waals surface area contributed by atoms with Crippen molar-refractivity contribution in [2.75, 3.05) is 5.32 Å². The van der Waals surface area contributed by atoms with Crippen molar-refractivity contribution in [3.63, 3.8) is 0 Å². The molecule has 0 saturated heterocycles. The van der Waals surface area contributed by atoms with Crippen LogP contribution in [0.2, 0.25) is 5.02 Å². The number of alkyl halides is 3. The zero-order valence-electron chi connectivity index (χ0n) is 12.6. The van der Waals surface area contributed by atoms with E-state index < -0.39 is 28.9 Å². The molecule has 6 nitrogen and oxygen atoms in total. The highest BCUT2D eigenvalue weighted by Gasteiger charge is 2.34. The molecular weight excluding hydrogens is 361 g/mol.